The van der Waals surface area contributed by atoms with Crippen LogP contribution in [0.2, 0.25) is 0 Å². The predicted octanol–water partition coefficient (Wildman–Crippen LogP) is 1.87. The van der Waals surface area contributed by atoms with E-state index in [0.717, 1.165) is 39.0 Å². The molecule has 1 aromatic heterocycles. The monoisotopic (exact) mass is 292 g/mol. The van der Waals surface area contributed by atoms with Crippen molar-refractivity contribution in [2.24, 2.45) is 5.92 Å². The molecule has 1 saturated heterocycles. The summed E-state index contributed by atoms with van der Waals surface area (Å²) in [6.45, 7) is 10.1. The minimum absolute atomic E-state index is 0.0474. The standard InChI is InChI=1S/C16H28N4O/c1-4-7-17-14-5-9-19(10-6-14)15-16(21)20(11-8-18-15)12-13(2)3/h8,11,13-14,17H,4-7,9-10,12H2,1-3H3. The van der Waals surface area contributed by atoms with Crippen molar-refractivity contribution in [3.05, 3.63) is 22.7 Å². The summed E-state index contributed by atoms with van der Waals surface area (Å²) in [5.74, 6) is 1.08. The van der Waals surface area contributed by atoms with Crippen LogP contribution in [0.1, 0.15) is 40.0 Å². The Morgan fingerprint density at radius 2 is 2.10 bits per heavy atom. The van der Waals surface area contributed by atoms with Crippen molar-refractivity contribution in [2.75, 3.05) is 24.5 Å². The van der Waals surface area contributed by atoms with E-state index in [2.05, 4.69) is 36.0 Å². The maximum Gasteiger partial charge on any atom is 0.293 e. The highest BCUT2D eigenvalue weighted by Crippen LogP contribution is 2.14. The van der Waals surface area contributed by atoms with Gasteiger partial charge in [-0.3, -0.25) is 4.79 Å². The molecule has 2 heterocycles. The first kappa shape index (κ1) is 16.0. The zero-order chi connectivity index (χ0) is 15.2. The highest BCUT2D eigenvalue weighted by molar-refractivity contribution is 5.36. The van der Waals surface area contributed by atoms with E-state index in [1.807, 2.05) is 0 Å². The first-order valence-corrected chi connectivity index (χ1v) is 8.15. The number of rotatable bonds is 6. The maximum atomic E-state index is 12.5. The first-order valence-electron chi connectivity index (χ1n) is 8.15. The molecular formula is C16H28N4O. The molecule has 0 aliphatic carbocycles. The largest absolute Gasteiger partial charge is 0.352 e. The Hall–Kier alpha value is -1.36. The Morgan fingerprint density at radius 3 is 2.71 bits per heavy atom. The van der Waals surface area contributed by atoms with Crippen molar-refractivity contribution < 1.29 is 0 Å². The molecule has 0 aromatic carbocycles. The fraction of sp³-hybridized carbons (Fsp3) is 0.750. The summed E-state index contributed by atoms with van der Waals surface area (Å²) < 4.78 is 1.79. The fourth-order valence-corrected chi connectivity index (χ4v) is 2.83. The van der Waals surface area contributed by atoms with E-state index in [1.165, 1.54) is 6.42 Å². The van der Waals surface area contributed by atoms with Gasteiger partial charge >= 0.3 is 0 Å². The molecule has 1 aliphatic rings. The van der Waals surface area contributed by atoms with Crippen LogP contribution in [0.3, 0.4) is 0 Å². The SMILES string of the molecule is CCCNC1CCN(c2nccn(CC(C)C)c2=O)CC1. The summed E-state index contributed by atoms with van der Waals surface area (Å²) in [6.07, 6.45) is 6.88. The minimum atomic E-state index is 0.0474. The number of hydrogen-bond donors (Lipinski definition) is 1. The molecule has 0 atom stereocenters. The quantitative estimate of drug-likeness (QED) is 0.869. The molecule has 1 N–H and O–H groups in total. The zero-order valence-corrected chi connectivity index (χ0v) is 13.5. The van der Waals surface area contributed by atoms with Gasteiger partial charge < -0.3 is 14.8 Å². The Balaban J connectivity index is 2.02. The second-order valence-electron chi connectivity index (χ2n) is 6.32. The third-order valence-corrected chi connectivity index (χ3v) is 3.93. The summed E-state index contributed by atoms with van der Waals surface area (Å²) >= 11 is 0. The average Bonchev–Trinajstić information content (AvgIpc) is 2.47. The highest BCUT2D eigenvalue weighted by Gasteiger charge is 2.21. The Morgan fingerprint density at radius 1 is 1.38 bits per heavy atom. The number of piperidine rings is 1. The number of anilines is 1. The number of nitrogens with one attached hydrogen (secondary N) is 1. The molecule has 1 fully saturated rings. The smallest absolute Gasteiger partial charge is 0.293 e. The van der Waals surface area contributed by atoms with Crippen LogP contribution in [0.4, 0.5) is 5.82 Å². The van der Waals surface area contributed by atoms with Gasteiger partial charge in [0.25, 0.3) is 5.56 Å². The van der Waals surface area contributed by atoms with Gasteiger partial charge in [0, 0.05) is 38.1 Å². The third kappa shape index (κ3) is 4.30. The highest BCUT2D eigenvalue weighted by atomic mass is 16.1. The van der Waals surface area contributed by atoms with Gasteiger partial charge in [0.05, 0.1) is 0 Å². The molecule has 0 bridgehead atoms. The van der Waals surface area contributed by atoms with E-state index in [0.29, 0.717) is 17.8 Å². The minimum Gasteiger partial charge on any atom is -0.352 e. The lowest BCUT2D eigenvalue weighted by Gasteiger charge is -2.33. The summed E-state index contributed by atoms with van der Waals surface area (Å²) in [7, 11) is 0. The van der Waals surface area contributed by atoms with Crippen LogP contribution in [0.25, 0.3) is 0 Å². The van der Waals surface area contributed by atoms with Crippen LogP contribution in [-0.2, 0) is 6.54 Å². The first-order chi connectivity index (χ1) is 10.1. The molecule has 118 valence electrons. The molecule has 2 rings (SSSR count). The van der Waals surface area contributed by atoms with Crippen molar-refractivity contribution in [1.29, 1.82) is 0 Å². The van der Waals surface area contributed by atoms with E-state index in [1.54, 1.807) is 17.0 Å². The molecule has 1 aromatic rings. The summed E-state index contributed by atoms with van der Waals surface area (Å²) in [5, 5.41) is 3.56. The second kappa shape index (κ2) is 7.59. The Labute approximate surface area is 127 Å². The Kier molecular flexibility index (Phi) is 5.79. The van der Waals surface area contributed by atoms with Gasteiger partial charge in [-0.2, -0.15) is 0 Å². The summed E-state index contributed by atoms with van der Waals surface area (Å²) in [4.78, 5) is 19.0. The molecule has 21 heavy (non-hydrogen) atoms. The molecule has 1 aliphatic heterocycles. The van der Waals surface area contributed by atoms with Crippen molar-refractivity contribution in [1.82, 2.24) is 14.9 Å². The van der Waals surface area contributed by atoms with Crippen molar-refractivity contribution in [3.8, 4) is 0 Å². The van der Waals surface area contributed by atoms with Crippen LogP contribution in [0, 0.1) is 5.92 Å². The molecule has 5 heteroatoms. The molecule has 0 unspecified atom stereocenters. The van der Waals surface area contributed by atoms with Gasteiger partial charge in [0.2, 0.25) is 0 Å². The van der Waals surface area contributed by atoms with Crippen LogP contribution in [0.5, 0.6) is 0 Å². The normalized spacial score (nSPS) is 16.7. The van der Waals surface area contributed by atoms with Crippen LogP contribution >= 0.6 is 0 Å². The topological polar surface area (TPSA) is 50.2 Å². The lowest BCUT2D eigenvalue weighted by Crippen LogP contribution is -2.45. The lowest BCUT2D eigenvalue weighted by molar-refractivity contribution is 0.413. The second-order valence-corrected chi connectivity index (χ2v) is 6.32. The maximum absolute atomic E-state index is 12.5. The molecule has 5 nitrogen and oxygen atoms in total. The summed E-state index contributed by atoms with van der Waals surface area (Å²) in [6, 6.07) is 0.586. The number of aromatic nitrogens is 2. The van der Waals surface area contributed by atoms with Crippen LogP contribution in [0.15, 0.2) is 17.2 Å². The third-order valence-electron chi connectivity index (χ3n) is 3.93. The predicted molar refractivity (Wildman–Crippen MR) is 86.9 cm³/mol. The van der Waals surface area contributed by atoms with E-state index in [9.17, 15) is 4.79 Å². The van der Waals surface area contributed by atoms with Crippen molar-refractivity contribution in [3.63, 3.8) is 0 Å². The van der Waals surface area contributed by atoms with Gasteiger partial charge in [-0.1, -0.05) is 20.8 Å². The van der Waals surface area contributed by atoms with Crippen molar-refractivity contribution in [2.45, 2.75) is 52.6 Å². The van der Waals surface area contributed by atoms with Crippen LogP contribution < -0.4 is 15.8 Å². The van der Waals surface area contributed by atoms with Gasteiger partial charge in [-0.05, 0) is 31.7 Å². The summed E-state index contributed by atoms with van der Waals surface area (Å²) in [5.41, 5.74) is 0.0474. The van der Waals surface area contributed by atoms with Gasteiger partial charge in [0.15, 0.2) is 5.82 Å². The molecule has 0 amide bonds. The Bertz CT molecular complexity index is 489. The molecule has 0 saturated carbocycles. The molecule has 0 radical (unpaired) electrons. The van der Waals surface area contributed by atoms with Gasteiger partial charge in [-0.15, -0.1) is 0 Å². The van der Waals surface area contributed by atoms with E-state index < -0.39 is 0 Å². The van der Waals surface area contributed by atoms with E-state index in [4.69, 9.17) is 0 Å². The van der Waals surface area contributed by atoms with E-state index >= 15 is 0 Å². The van der Waals surface area contributed by atoms with E-state index in [-0.39, 0.29) is 5.56 Å². The zero-order valence-electron chi connectivity index (χ0n) is 13.5. The van der Waals surface area contributed by atoms with Crippen LogP contribution in [-0.4, -0.2) is 35.2 Å². The van der Waals surface area contributed by atoms with Gasteiger partial charge in [-0.25, -0.2) is 4.98 Å². The molecular weight excluding hydrogens is 264 g/mol. The fourth-order valence-electron chi connectivity index (χ4n) is 2.83. The van der Waals surface area contributed by atoms with Gasteiger partial charge in [0.1, 0.15) is 0 Å². The average molecular weight is 292 g/mol. The molecule has 0 spiro atoms. The lowest BCUT2D eigenvalue weighted by atomic mass is 10.1. The van der Waals surface area contributed by atoms with Crippen molar-refractivity contribution >= 4 is 5.82 Å². The number of nitrogens with zero attached hydrogens (tertiary/aromatic N) is 3. The number of hydrogen-bond acceptors (Lipinski definition) is 4.